The molecule has 0 spiro atoms. The third kappa shape index (κ3) is 6.24. The van der Waals surface area contributed by atoms with Gasteiger partial charge in [0.1, 0.15) is 40.7 Å². The third-order valence-corrected chi connectivity index (χ3v) is 7.95. The van der Waals surface area contributed by atoms with Gasteiger partial charge in [0.25, 0.3) is 11.5 Å². The number of hydrogen-bond donors (Lipinski definition) is 3. The minimum absolute atomic E-state index is 0.237. The molecule has 0 aliphatic carbocycles. The van der Waals surface area contributed by atoms with Crippen LogP contribution in [0.2, 0.25) is 0 Å². The molecule has 0 radical (unpaired) electrons. The molecule has 5 aromatic rings. The number of amides is 1. The Balaban J connectivity index is 1.46. The van der Waals surface area contributed by atoms with Gasteiger partial charge in [0.2, 0.25) is 0 Å². The molecule has 2 aromatic carbocycles. The van der Waals surface area contributed by atoms with Crippen LogP contribution in [0.1, 0.15) is 35.0 Å². The minimum Gasteiger partial charge on any atom is -0.480 e. The molecule has 0 saturated carbocycles. The van der Waals surface area contributed by atoms with Crippen LogP contribution in [-0.4, -0.2) is 49.2 Å². The average molecular weight is 660 g/mol. The van der Waals surface area contributed by atoms with Crippen LogP contribution in [0.25, 0.3) is 27.7 Å². The maximum atomic E-state index is 14.8. The summed E-state index contributed by atoms with van der Waals surface area (Å²) in [5.41, 5.74) is 0.0246. The van der Waals surface area contributed by atoms with Gasteiger partial charge in [-0.25, -0.2) is 22.9 Å². The molecule has 1 amide bonds. The maximum Gasteiger partial charge on any atom is 0.408 e. The molecule has 2 atom stereocenters. The second-order valence-corrected chi connectivity index (χ2v) is 10.9. The van der Waals surface area contributed by atoms with Gasteiger partial charge in [-0.05, 0) is 61.4 Å². The first kappa shape index (κ1) is 33.0. The lowest BCUT2D eigenvalue weighted by Crippen LogP contribution is -2.43. The highest BCUT2D eigenvalue weighted by atomic mass is 19.4. The number of imidazole rings is 1. The lowest BCUT2D eigenvalue weighted by molar-refractivity contribution is -0.143. The predicted octanol–water partition coefficient (Wildman–Crippen LogP) is 5.76. The molecular formula is C32H27F6N5O4. The molecule has 246 valence electrons. The van der Waals surface area contributed by atoms with E-state index in [2.05, 4.69) is 10.3 Å². The first-order valence-corrected chi connectivity index (χ1v) is 14.2. The van der Waals surface area contributed by atoms with Gasteiger partial charge in [-0.15, -0.1) is 0 Å². The minimum atomic E-state index is -4.70. The van der Waals surface area contributed by atoms with Gasteiger partial charge in [-0.1, -0.05) is 6.92 Å². The van der Waals surface area contributed by atoms with Crippen molar-refractivity contribution in [2.75, 3.05) is 5.32 Å². The molecule has 0 fully saturated rings. The molecule has 9 nitrogen and oxygen atoms in total. The van der Waals surface area contributed by atoms with E-state index in [-0.39, 0.29) is 22.5 Å². The third-order valence-electron chi connectivity index (χ3n) is 7.95. The Kier molecular flexibility index (Phi) is 8.75. The normalized spacial score (nSPS) is 13.1. The fourth-order valence-electron chi connectivity index (χ4n) is 5.55. The van der Waals surface area contributed by atoms with Crippen molar-refractivity contribution in [3.8, 4) is 11.1 Å². The predicted molar refractivity (Wildman–Crippen MR) is 161 cm³/mol. The van der Waals surface area contributed by atoms with Crippen LogP contribution < -0.4 is 16.2 Å². The number of fused-ring (bicyclic) bond motifs is 2. The number of aromatic nitrogens is 3. The molecule has 0 bridgehead atoms. The molecule has 0 unspecified atom stereocenters. The number of aliphatic carboxylic acids is 1. The molecule has 3 heterocycles. The van der Waals surface area contributed by atoms with E-state index < -0.39 is 71.7 Å². The van der Waals surface area contributed by atoms with Gasteiger partial charge in [0, 0.05) is 48.2 Å². The van der Waals surface area contributed by atoms with Crippen LogP contribution >= 0.6 is 0 Å². The zero-order valence-electron chi connectivity index (χ0n) is 25.0. The van der Waals surface area contributed by atoms with Crippen molar-refractivity contribution in [1.82, 2.24) is 19.3 Å². The Labute approximate surface area is 262 Å². The molecule has 3 aromatic heterocycles. The number of nitrogens with zero attached hydrogens (tertiary/aromatic N) is 3. The highest BCUT2D eigenvalue weighted by molar-refractivity contribution is 5.97. The number of aryl methyl sites for hydroxylation is 2. The Morgan fingerprint density at radius 3 is 2.34 bits per heavy atom. The number of halogens is 6. The summed E-state index contributed by atoms with van der Waals surface area (Å²) in [5, 5.41) is 14.4. The number of carboxylic acid groups (broad SMARTS) is 1. The Hall–Kier alpha value is -5.34. The topological polar surface area (TPSA) is 118 Å². The number of rotatable bonds is 9. The number of nitrogens with one attached hydrogen (secondary N) is 2. The zero-order valence-corrected chi connectivity index (χ0v) is 25.0. The number of benzene rings is 2. The fraction of sp³-hybridized carbons (Fsp3) is 0.250. The monoisotopic (exact) mass is 659 g/mol. The fourth-order valence-corrected chi connectivity index (χ4v) is 5.55. The number of hydrogen-bond acceptors (Lipinski definition) is 5. The molecule has 3 N–H and O–H groups in total. The van der Waals surface area contributed by atoms with Gasteiger partial charge in [0.15, 0.2) is 0 Å². The van der Waals surface area contributed by atoms with Crippen LogP contribution in [0.3, 0.4) is 0 Å². The van der Waals surface area contributed by atoms with E-state index in [4.69, 9.17) is 0 Å². The standard InChI is InChI=1S/C32H27F6N5O4/c1-4-25(32(36,37)38)40-17-12-21(34)27(22(35)13-17)29(44)41-23(31(46)47)14-18-6-7-19(28-39-9-10-43(18)28)26-15(2)20-11-16(33)5-8-24(20)42(3)30(26)45/h5-13,23,25,40H,4,14H2,1-3H3,(H,41,44)(H,46,47)/t23-,25+/m0/s1. The SMILES string of the molecule is CC[C@@H](Nc1cc(F)c(C(=O)N[C@@H](Cc2ccc(-c3c(C)c4cc(F)ccc4n(C)c3=O)c3nccn23)C(=O)O)c(F)c1)C(F)(F)F. The molecular weight excluding hydrogens is 632 g/mol. The second-order valence-electron chi connectivity index (χ2n) is 10.9. The Morgan fingerprint density at radius 2 is 1.72 bits per heavy atom. The van der Waals surface area contributed by atoms with Gasteiger partial charge >= 0.3 is 12.1 Å². The summed E-state index contributed by atoms with van der Waals surface area (Å²) in [6.45, 7) is 2.89. The number of pyridine rings is 2. The smallest absolute Gasteiger partial charge is 0.408 e. The molecule has 5 rings (SSSR count). The van der Waals surface area contributed by atoms with Crippen molar-refractivity contribution in [1.29, 1.82) is 0 Å². The van der Waals surface area contributed by atoms with E-state index in [1.165, 1.54) is 58.6 Å². The van der Waals surface area contributed by atoms with Crippen LogP contribution in [0, 0.1) is 24.4 Å². The van der Waals surface area contributed by atoms with Crippen molar-refractivity contribution in [3.63, 3.8) is 0 Å². The highest BCUT2D eigenvalue weighted by Gasteiger charge is 2.38. The van der Waals surface area contributed by atoms with Crippen LogP contribution in [0.5, 0.6) is 0 Å². The lowest BCUT2D eigenvalue weighted by atomic mass is 9.98. The number of carboxylic acids is 1. The second kappa shape index (κ2) is 12.5. The summed E-state index contributed by atoms with van der Waals surface area (Å²) < 4.78 is 86.0. The maximum absolute atomic E-state index is 14.8. The summed E-state index contributed by atoms with van der Waals surface area (Å²) in [4.78, 5) is 42.8. The van der Waals surface area contributed by atoms with E-state index in [0.29, 0.717) is 34.2 Å². The van der Waals surface area contributed by atoms with Gasteiger partial charge < -0.3 is 24.7 Å². The molecule has 0 aliphatic rings. The number of alkyl halides is 3. The van der Waals surface area contributed by atoms with Gasteiger partial charge in [0.05, 0.1) is 11.1 Å². The quantitative estimate of drug-likeness (QED) is 0.173. The van der Waals surface area contributed by atoms with E-state index in [0.717, 1.165) is 0 Å². The number of carbonyl (C=O) groups excluding carboxylic acids is 1. The summed E-state index contributed by atoms with van der Waals surface area (Å²) in [6.07, 6.45) is -2.64. The number of anilines is 1. The van der Waals surface area contributed by atoms with Crippen molar-refractivity contribution >= 4 is 34.1 Å². The highest BCUT2D eigenvalue weighted by Crippen LogP contribution is 2.31. The zero-order chi connectivity index (χ0) is 34.4. The van der Waals surface area contributed by atoms with Crippen molar-refractivity contribution in [2.24, 2.45) is 7.05 Å². The summed E-state index contributed by atoms with van der Waals surface area (Å²) >= 11 is 0. The summed E-state index contributed by atoms with van der Waals surface area (Å²) in [5.74, 6) is -6.48. The van der Waals surface area contributed by atoms with E-state index in [1.54, 1.807) is 14.0 Å². The average Bonchev–Trinajstić information content (AvgIpc) is 3.49. The lowest BCUT2D eigenvalue weighted by Gasteiger charge is -2.22. The van der Waals surface area contributed by atoms with Crippen molar-refractivity contribution in [2.45, 2.75) is 44.9 Å². The molecule has 47 heavy (non-hydrogen) atoms. The molecule has 0 saturated heterocycles. The summed E-state index contributed by atoms with van der Waals surface area (Å²) in [7, 11) is 1.54. The first-order valence-electron chi connectivity index (χ1n) is 14.2. The van der Waals surface area contributed by atoms with E-state index >= 15 is 0 Å². The van der Waals surface area contributed by atoms with Gasteiger partial charge in [-0.2, -0.15) is 13.2 Å². The first-order chi connectivity index (χ1) is 22.1. The Bertz CT molecular complexity index is 2080. The van der Waals surface area contributed by atoms with Crippen LogP contribution in [-0.2, 0) is 18.3 Å². The van der Waals surface area contributed by atoms with Crippen molar-refractivity contribution < 1.29 is 41.0 Å². The number of carbonyl (C=O) groups is 2. The van der Waals surface area contributed by atoms with Crippen molar-refractivity contribution in [3.05, 3.63) is 99.5 Å². The van der Waals surface area contributed by atoms with Gasteiger partial charge in [-0.3, -0.25) is 9.59 Å². The Morgan fingerprint density at radius 1 is 1.04 bits per heavy atom. The molecule has 0 aliphatic heterocycles. The molecule has 15 heteroatoms. The van der Waals surface area contributed by atoms with Crippen LogP contribution in [0.15, 0.2) is 59.7 Å². The van der Waals surface area contributed by atoms with Crippen LogP contribution in [0.4, 0.5) is 32.0 Å². The largest absolute Gasteiger partial charge is 0.480 e. The van der Waals surface area contributed by atoms with E-state index in [9.17, 15) is 45.8 Å². The van der Waals surface area contributed by atoms with E-state index in [1.807, 2.05) is 5.32 Å². The summed E-state index contributed by atoms with van der Waals surface area (Å²) in [6, 6.07) is 4.29.